The highest BCUT2D eigenvalue weighted by Gasteiger charge is 2.42. The predicted molar refractivity (Wildman–Crippen MR) is 63.5 cm³/mol. The van der Waals surface area contributed by atoms with E-state index in [1.54, 1.807) is 0 Å². The molecule has 2 fully saturated rings. The number of carbonyl (C=O) groups excluding carboxylic acids is 1. The fourth-order valence-corrected chi connectivity index (χ4v) is 2.63. The van der Waals surface area contributed by atoms with E-state index in [-0.39, 0.29) is 30.0 Å². The molecular weight excluding hydrogens is 220 g/mol. The fraction of sp³-hybridized carbons (Fsp3) is 0.917. The maximum atomic E-state index is 12.1. The number of rotatable bonds is 3. The first kappa shape index (κ1) is 12.8. The summed E-state index contributed by atoms with van der Waals surface area (Å²) in [6.45, 7) is 7.40. The Morgan fingerprint density at radius 1 is 1.41 bits per heavy atom. The molecule has 0 spiro atoms. The Morgan fingerprint density at radius 2 is 2.06 bits per heavy atom. The molecule has 2 aliphatic heterocycles. The number of carbonyl (C=O) groups is 1. The van der Waals surface area contributed by atoms with E-state index in [2.05, 4.69) is 10.6 Å². The van der Waals surface area contributed by atoms with Crippen LogP contribution in [0.5, 0.6) is 0 Å². The molecule has 0 aromatic heterocycles. The second kappa shape index (κ2) is 4.55. The van der Waals surface area contributed by atoms with Gasteiger partial charge in [0.15, 0.2) is 0 Å². The summed E-state index contributed by atoms with van der Waals surface area (Å²) in [5.74, 6) is 0.107. The summed E-state index contributed by atoms with van der Waals surface area (Å²) < 4.78 is 5.64. The quantitative estimate of drug-likeness (QED) is 0.624. The number of nitrogens with one attached hydrogen (secondary N) is 2. The minimum absolute atomic E-state index is 0.00493. The summed E-state index contributed by atoms with van der Waals surface area (Å²) in [5.41, 5.74) is -0.757. The molecule has 0 radical (unpaired) electrons. The minimum Gasteiger partial charge on any atom is -0.385 e. The van der Waals surface area contributed by atoms with Gasteiger partial charge in [-0.05, 0) is 19.8 Å². The molecule has 2 heterocycles. The molecule has 0 saturated carbocycles. The molecule has 2 aliphatic rings. The van der Waals surface area contributed by atoms with E-state index in [4.69, 9.17) is 4.74 Å². The second-order valence-corrected chi connectivity index (χ2v) is 5.48. The van der Waals surface area contributed by atoms with Crippen LogP contribution in [-0.2, 0) is 9.53 Å². The van der Waals surface area contributed by atoms with Gasteiger partial charge < -0.3 is 20.5 Å². The molecule has 4 unspecified atom stereocenters. The third-order valence-corrected chi connectivity index (χ3v) is 4.04. The SMILES string of the molecule is CC1OC(C)C(C(=O)NCC2(O)CNC2)C1C. The van der Waals surface area contributed by atoms with Gasteiger partial charge in [0, 0.05) is 19.6 Å². The van der Waals surface area contributed by atoms with Crippen LogP contribution in [0.3, 0.4) is 0 Å². The maximum Gasteiger partial charge on any atom is 0.226 e. The van der Waals surface area contributed by atoms with E-state index < -0.39 is 5.60 Å². The van der Waals surface area contributed by atoms with E-state index in [0.717, 1.165) is 0 Å². The Bertz CT molecular complexity index is 304. The minimum atomic E-state index is -0.757. The zero-order valence-electron chi connectivity index (χ0n) is 10.7. The van der Waals surface area contributed by atoms with Gasteiger partial charge in [-0.2, -0.15) is 0 Å². The Labute approximate surface area is 102 Å². The summed E-state index contributed by atoms with van der Waals surface area (Å²) in [4.78, 5) is 12.1. The first-order chi connectivity index (χ1) is 7.93. The molecule has 2 saturated heterocycles. The van der Waals surface area contributed by atoms with Crippen LogP contribution >= 0.6 is 0 Å². The summed E-state index contributed by atoms with van der Waals surface area (Å²) in [6, 6.07) is 0. The number of aliphatic hydroxyl groups is 1. The highest BCUT2D eigenvalue weighted by molar-refractivity contribution is 5.80. The zero-order valence-corrected chi connectivity index (χ0v) is 10.7. The highest BCUT2D eigenvalue weighted by atomic mass is 16.5. The van der Waals surface area contributed by atoms with E-state index >= 15 is 0 Å². The Hall–Kier alpha value is -0.650. The highest BCUT2D eigenvalue weighted by Crippen LogP contribution is 2.32. The Balaban J connectivity index is 1.87. The summed E-state index contributed by atoms with van der Waals surface area (Å²) >= 11 is 0. The number of hydrogen-bond donors (Lipinski definition) is 3. The molecule has 3 N–H and O–H groups in total. The van der Waals surface area contributed by atoms with Crippen LogP contribution in [0.2, 0.25) is 0 Å². The van der Waals surface area contributed by atoms with Crippen molar-refractivity contribution < 1.29 is 14.6 Å². The van der Waals surface area contributed by atoms with Crippen LogP contribution in [-0.4, -0.2) is 48.5 Å². The monoisotopic (exact) mass is 242 g/mol. The normalized spacial score (nSPS) is 39.8. The first-order valence-electron chi connectivity index (χ1n) is 6.29. The summed E-state index contributed by atoms with van der Waals surface area (Å²) in [5, 5.41) is 15.7. The number of hydrogen-bond acceptors (Lipinski definition) is 4. The largest absolute Gasteiger partial charge is 0.385 e. The Morgan fingerprint density at radius 3 is 2.47 bits per heavy atom. The van der Waals surface area contributed by atoms with E-state index in [1.165, 1.54) is 0 Å². The van der Waals surface area contributed by atoms with Crippen molar-refractivity contribution in [1.29, 1.82) is 0 Å². The van der Waals surface area contributed by atoms with Crippen LogP contribution in [0.1, 0.15) is 20.8 Å². The smallest absolute Gasteiger partial charge is 0.226 e. The van der Waals surface area contributed by atoms with Crippen LogP contribution in [0, 0.1) is 11.8 Å². The lowest BCUT2D eigenvalue weighted by atomic mass is 9.88. The maximum absolute atomic E-state index is 12.1. The van der Waals surface area contributed by atoms with Crippen molar-refractivity contribution in [2.24, 2.45) is 11.8 Å². The molecule has 2 rings (SSSR count). The van der Waals surface area contributed by atoms with Crippen molar-refractivity contribution in [3.63, 3.8) is 0 Å². The van der Waals surface area contributed by atoms with Crippen LogP contribution in [0.15, 0.2) is 0 Å². The van der Waals surface area contributed by atoms with E-state index in [9.17, 15) is 9.90 Å². The lowest BCUT2D eigenvalue weighted by Gasteiger charge is -2.38. The van der Waals surface area contributed by atoms with Gasteiger partial charge in [-0.25, -0.2) is 0 Å². The third-order valence-electron chi connectivity index (χ3n) is 4.04. The standard InChI is InChI=1S/C12H22N2O3/c1-7-8(2)17-9(3)10(7)11(15)14-6-12(16)4-13-5-12/h7-10,13,16H,4-6H2,1-3H3,(H,14,15). The lowest BCUT2D eigenvalue weighted by molar-refractivity contribution is -0.129. The zero-order chi connectivity index (χ0) is 12.6. The summed E-state index contributed by atoms with van der Waals surface area (Å²) in [7, 11) is 0. The van der Waals surface area contributed by atoms with Gasteiger partial charge in [0.1, 0.15) is 5.60 Å². The van der Waals surface area contributed by atoms with Gasteiger partial charge >= 0.3 is 0 Å². The molecular formula is C12H22N2O3. The van der Waals surface area contributed by atoms with Crippen LogP contribution < -0.4 is 10.6 Å². The number of β-amino-alcohol motifs (C(OH)–C–C–N with tert-alkyl or cyclic N) is 1. The molecule has 5 nitrogen and oxygen atoms in total. The van der Waals surface area contributed by atoms with Gasteiger partial charge in [0.05, 0.1) is 18.1 Å². The Kier molecular flexibility index (Phi) is 3.43. The van der Waals surface area contributed by atoms with Crippen molar-refractivity contribution in [3.8, 4) is 0 Å². The topological polar surface area (TPSA) is 70.6 Å². The number of ether oxygens (including phenoxy) is 1. The predicted octanol–water partition coefficient (Wildman–Crippen LogP) is -0.504. The van der Waals surface area contributed by atoms with Crippen molar-refractivity contribution in [1.82, 2.24) is 10.6 Å². The van der Waals surface area contributed by atoms with Crippen molar-refractivity contribution in [2.45, 2.75) is 38.6 Å². The van der Waals surface area contributed by atoms with Crippen LogP contribution in [0.4, 0.5) is 0 Å². The molecule has 1 amide bonds. The first-order valence-corrected chi connectivity index (χ1v) is 6.29. The molecule has 0 aromatic carbocycles. The fourth-order valence-electron chi connectivity index (χ4n) is 2.63. The second-order valence-electron chi connectivity index (χ2n) is 5.48. The third kappa shape index (κ3) is 2.46. The van der Waals surface area contributed by atoms with Gasteiger partial charge in [-0.15, -0.1) is 0 Å². The van der Waals surface area contributed by atoms with Crippen LogP contribution in [0.25, 0.3) is 0 Å². The van der Waals surface area contributed by atoms with Gasteiger partial charge in [-0.1, -0.05) is 6.92 Å². The lowest BCUT2D eigenvalue weighted by Crippen LogP contribution is -2.65. The van der Waals surface area contributed by atoms with E-state index in [1.807, 2.05) is 20.8 Å². The molecule has 5 heteroatoms. The van der Waals surface area contributed by atoms with Crippen molar-refractivity contribution in [3.05, 3.63) is 0 Å². The number of amides is 1. The van der Waals surface area contributed by atoms with Gasteiger partial charge in [-0.3, -0.25) is 4.79 Å². The molecule has 0 aliphatic carbocycles. The molecule has 0 bridgehead atoms. The average molecular weight is 242 g/mol. The van der Waals surface area contributed by atoms with Gasteiger partial charge in [0.25, 0.3) is 0 Å². The molecule has 17 heavy (non-hydrogen) atoms. The molecule has 0 aromatic rings. The molecule has 4 atom stereocenters. The van der Waals surface area contributed by atoms with E-state index in [0.29, 0.717) is 19.6 Å². The average Bonchev–Trinajstić information content (AvgIpc) is 2.47. The van der Waals surface area contributed by atoms with Gasteiger partial charge in [0.2, 0.25) is 5.91 Å². The van der Waals surface area contributed by atoms with Crippen molar-refractivity contribution >= 4 is 5.91 Å². The molecule has 98 valence electrons. The van der Waals surface area contributed by atoms with Crippen molar-refractivity contribution in [2.75, 3.05) is 19.6 Å². The summed E-state index contributed by atoms with van der Waals surface area (Å²) in [6.07, 6.45) is 0.0726.